The van der Waals surface area contributed by atoms with Crippen molar-refractivity contribution in [2.75, 3.05) is 0 Å². The van der Waals surface area contributed by atoms with E-state index in [1.165, 1.54) is 11.0 Å². The summed E-state index contributed by atoms with van der Waals surface area (Å²) in [5.41, 5.74) is 3.89. The Labute approximate surface area is 231 Å². The van der Waals surface area contributed by atoms with Gasteiger partial charge in [0.25, 0.3) is 0 Å². The fourth-order valence-electron chi connectivity index (χ4n) is 7.26. The standard InChI is InChI=1S/C34H27NO5/c1-18-15-28(37)26-16-25-23(11-12-24-30(25)34(40)35(33(24)39)17-19-7-3-2-4-8-19)29(31(26)32(18)38)22-13-14-27(36)21-10-6-5-9-20(21)22/h2-11,13-15,24-25,29-30,36H,12,16-17H2,1H3/t24-,25+,29-,30-/m0/s1. The molecule has 7 rings (SSSR count). The van der Waals surface area contributed by atoms with Crippen LogP contribution in [0.25, 0.3) is 10.8 Å². The lowest BCUT2D eigenvalue weighted by Gasteiger charge is -2.42. The molecule has 0 aromatic heterocycles. The van der Waals surface area contributed by atoms with E-state index in [4.69, 9.17) is 0 Å². The Bertz CT molecular complexity index is 1740. The van der Waals surface area contributed by atoms with Crippen LogP contribution in [-0.4, -0.2) is 33.4 Å². The maximum absolute atomic E-state index is 13.9. The number of nitrogens with zero attached hydrogens (tertiary/aromatic N) is 1. The Kier molecular flexibility index (Phi) is 5.49. The van der Waals surface area contributed by atoms with Crippen molar-refractivity contribution in [2.45, 2.75) is 32.2 Å². The molecule has 3 aromatic carbocycles. The molecule has 1 heterocycles. The van der Waals surface area contributed by atoms with Crippen LogP contribution in [0.1, 0.15) is 36.8 Å². The number of ketones is 2. The van der Waals surface area contributed by atoms with Gasteiger partial charge in [-0.3, -0.25) is 24.1 Å². The number of allylic oxidation sites excluding steroid dienone is 6. The van der Waals surface area contributed by atoms with E-state index in [1.807, 2.05) is 66.7 Å². The molecule has 0 saturated carbocycles. The van der Waals surface area contributed by atoms with E-state index in [2.05, 4.69) is 0 Å². The molecule has 4 aliphatic rings. The summed E-state index contributed by atoms with van der Waals surface area (Å²) in [5.74, 6) is -2.65. The largest absolute Gasteiger partial charge is 0.507 e. The second kappa shape index (κ2) is 8.98. The lowest BCUT2D eigenvalue weighted by molar-refractivity contribution is -0.140. The van der Waals surface area contributed by atoms with Crippen LogP contribution in [0.2, 0.25) is 0 Å². The molecule has 198 valence electrons. The fraction of sp³-hybridized carbons (Fsp3) is 0.235. The Hall–Kier alpha value is -4.58. The third-order valence-corrected chi connectivity index (χ3v) is 9.09. The number of phenols is 1. The summed E-state index contributed by atoms with van der Waals surface area (Å²) in [6.07, 6.45) is 4.08. The highest BCUT2D eigenvalue weighted by Crippen LogP contribution is 2.56. The number of hydrogen-bond donors (Lipinski definition) is 1. The molecule has 4 atom stereocenters. The van der Waals surface area contributed by atoms with Crippen LogP contribution in [-0.2, 0) is 25.7 Å². The Morgan fingerprint density at radius 3 is 2.35 bits per heavy atom. The number of likely N-dealkylation sites (tertiary alicyclic amines) is 1. The van der Waals surface area contributed by atoms with E-state index in [1.54, 1.807) is 13.0 Å². The number of rotatable bonds is 3. The summed E-state index contributed by atoms with van der Waals surface area (Å²) < 4.78 is 0. The number of amides is 2. The molecule has 6 nitrogen and oxygen atoms in total. The number of phenolic OH excluding ortho intramolecular Hbond substituents is 1. The Morgan fingerprint density at radius 2 is 1.57 bits per heavy atom. The van der Waals surface area contributed by atoms with E-state index in [0.717, 1.165) is 22.1 Å². The lowest BCUT2D eigenvalue weighted by Crippen LogP contribution is -2.39. The van der Waals surface area contributed by atoms with Crippen molar-refractivity contribution in [1.82, 2.24) is 4.90 Å². The number of imide groups is 1. The first-order chi connectivity index (χ1) is 19.3. The van der Waals surface area contributed by atoms with Gasteiger partial charge in [-0.1, -0.05) is 72.3 Å². The van der Waals surface area contributed by atoms with Gasteiger partial charge in [0.15, 0.2) is 11.6 Å². The molecular weight excluding hydrogens is 502 g/mol. The SMILES string of the molecule is CC1=CC(=O)C2=C(C1=O)[C@@H](c1ccc(O)c3ccccc13)C1=CC[C@@H]3C(=O)N(Cc4ccccc4)C(=O)[C@@H]3[C@@H]1C2. The van der Waals surface area contributed by atoms with Gasteiger partial charge in [-0.2, -0.15) is 0 Å². The van der Waals surface area contributed by atoms with Gasteiger partial charge in [0.2, 0.25) is 11.8 Å². The van der Waals surface area contributed by atoms with Gasteiger partial charge in [-0.05, 0) is 54.3 Å². The monoisotopic (exact) mass is 529 g/mol. The highest BCUT2D eigenvalue weighted by atomic mass is 16.3. The van der Waals surface area contributed by atoms with Gasteiger partial charge in [0, 0.05) is 28.0 Å². The normalized spacial score (nSPS) is 26.0. The van der Waals surface area contributed by atoms with Gasteiger partial charge >= 0.3 is 0 Å². The van der Waals surface area contributed by atoms with Crippen LogP contribution in [0, 0.1) is 17.8 Å². The van der Waals surface area contributed by atoms with Crippen LogP contribution in [0.4, 0.5) is 0 Å². The average molecular weight is 530 g/mol. The minimum absolute atomic E-state index is 0.133. The molecule has 0 spiro atoms. The van der Waals surface area contributed by atoms with Crippen LogP contribution >= 0.6 is 0 Å². The molecule has 1 fully saturated rings. The molecule has 3 aliphatic carbocycles. The van der Waals surface area contributed by atoms with Gasteiger partial charge < -0.3 is 5.11 Å². The van der Waals surface area contributed by atoms with Crippen molar-refractivity contribution in [3.05, 3.63) is 112 Å². The van der Waals surface area contributed by atoms with Crippen molar-refractivity contribution in [2.24, 2.45) is 17.8 Å². The van der Waals surface area contributed by atoms with E-state index < -0.39 is 17.8 Å². The van der Waals surface area contributed by atoms with Crippen LogP contribution < -0.4 is 0 Å². The van der Waals surface area contributed by atoms with E-state index in [0.29, 0.717) is 28.5 Å². The first-order valence-electron chi connectivity index (χ1n) is 13.6. The summed E-state index contributed by atoms with van der Waals surface area (Å²) in [6, 6.07) is 20.4. The topological polar surface area (TPSA) is 91.8 Å². The molecule has 2 amide bonds. The molecule has 40 heavy (non-hydrogen) atoms. The maximum atomic E-state index is 13.9. The van der Waals surface area contributed by atoms with Crippen LogP contribution in [0.3, 0.4) is 0 Å². The number of carbonyl (C=O) groups excluding carboxylic acids is 4. The first-order valence-corrected chi connectivity index (χ1v) is 13.6. The zero-order chi connectivity index (χ0) is 27.7. The minimum atomic E-state index is -0.592. The number of fused-ring (bicyclic) bond motifs is 4. The Morgan fingerprint density at radius 1 is 0.850 bits per heavy atom. The number of benzene rings is 3. The fourth-order valence-corrected chi connectivity index (χ4v) is 7.26. The molecule has 0 bridgehead atoms. The third-order valence-electron chi connectivity index (χ3n) is 9.09. The molecule has 3 aromatic rings. The van der Waals surface area contributed by atoms with Gasteiger partial charge in [-0.15, -0.1) is 0 Å². The summed E-state index contributed by atoms with van der Waals surface area (Å²) in [5, 5.41) is 12.0. The summed E-state index contributed by atoms with van der Waals surface area (Å²) in [4.78, 5) is 55.9. The summed E-state index contributed by atoms with van der Waals surface area (Å²) in [6.45, 7) is 1.88. The Balaban J connectivity index is 1.38. The van der Waals surface area contributed by atoms with Crippen molar-refractivity contribution in [1.29, 1.82) is 0 Å². The zero-order valence-electron chi connectivity index (χ0n) is 22.0. The van der Waals surface area contributed by atoms with Crippen molar-refractivity contribution in [3.8, 4) is 5.75 Å². The highest BCUT2D eigenvalue weighted by molar-refractivity contribution is 6.24. The lowest BCUT2D eigenvalue weighted by atomic mass is 9.59. The van der Waals surface area contributed by atoms with Crippen molar-refractivity contribution in [3.63, 3.8) is 0 Å². The quantitative estimate of drug-likeness (QED) is 0.287. The molecule has 1 N–H and O–H groups in total. The predicted molar refractivity (Wildman–Crippen MR) is 149 cm³/mol. The van der Waals surface area contributed by atoms with Crippen LogP contribution in [0.5, 0.6) is 5.75 Å². The maximum Gasteiger partial charge on any atom is 0.234 e. The van der Waals surface area contributed by atoms with E-state index >= 15 is 0 Å². The number of carbonyl (C=O) groups is 4. The zero-order valence-corrected chi connectivity index (χ0v) is 22.0. The molecule has 0 unspecified atom stereocenters. The molecule has 1 saturated heterocycles. The van der Waals surface area contributed by atoms with Gasteiger partial charge in [0.05, 0.1) is 18.4 Å². The first kappa shape index (κ1) is 24.5. The van der Waals surface area contributed by atoms with E-state index in [-0.39, 0.29) is 48.0 Å². The second-order valence-electron chi connectivity index (χ2n) is 11.2. The molecule has 1 aliphatic heterocycles. The molecule has 0 radical (unpaired) electrons. The van der Waals surface area contributed by atoms with Gasteiger partial charge in [0.1, 0.15) is 5.75 Å². The van der Waals surface area contributed by atoms with Crippen molar-refractivity contribution < 1.29 is 24.3 Å². The minimum Gasteiger partial charge on any atom is -0.507 e. The highest BCUT2D eigenvalue weighted by Gasteiger charge is 2.56. The summed E-state index contributed by atoms with van der Waals surface area (Å²) >= 11 is 0. The molecule has 6 heteroatoms. The molecular formula is C34H27NO5. The number of Topliss-reactive ketones (excluding diaryl/α,β-unsaturated/α-hetero) is 1. The van der Waals surface area contributed by atoms with Crippen molar-refractivity contribution >= 4 is 34.2 Å². The van der Waals surface area contributed by atoms with E-state index in [9.17, 15) is 24.3 Å². The summed E-state index contributed by atoms with van der Waals surface area (Å²) in [7, 11) is 0. The van der Waals surface area contributed by atoms with Crippen LogP contribution in [0.15, 0.2) is 101 Å². The predicted octanol–water partition coefficient (Wildman–Crippen LogP) is 5.18. The van der Waals surface area contributed by atoms with Gasteiger partial charge in [-0.25, -0.2) is 0 Å². The smallest absolute Gasteiger partial charge is 0.234 e. The third kappa shape index (κ3) is 3.48. The number of hydrogen-bond acceptors (Lipinski definition) is 5. The average Bonchev–Trinajstić information content (AvgIpc) is 3.21. The number of aromatic hydroxyl groups is 1. The second-order valence-corrected chi connectivity index (χ2v) is 11.2.